The first-order valence-electron chi connectivity index (χ1n) is 6.52. The van der Waals surface area contributed by atoms with Crippen LogP contribution in [0.5, 0.6) is 0 Å². The number of nitro groups is 1. The molecule has 0 spiro atoms. The Balaban J connectivity index is 2.82. The molecule has 0 heterocycles. The zero-order valence-electron chi connectivity index (χ0n) is 12.0. The number of hydrogen-bond donors (Lipinski definition) is 1. The summed E-state index contributed by atoms with van der Waals surface area (Å²) in [4.78, 5) is 12.2. The topological polar surface area (TPSA) is 96.2 Å². The minimum absolute atomic E-state index is 0.0764. The Labute approximate surface area is 118 Å². The SMILES string of the molecule is CC(C)C(N)CCN(C)c1ccc([N+](=O)[O-])c(C#N)c1. The Bertz CT molecular complexity index is 522. The summed E-state index contributed by atoms with van der Waals surface area (Å²) in [6, 6.07) is 6.54. The van der Waals surface area contributed by atoms with Crippen molar-refractivity contribution < 1.29 is 4.92 Å². The predicted molar refractivity (Wildman–Crippen MR) is 78.5 cm³/mol. The Kier molecular flexibility index (Phi) is 5.47. The van der Waals surface area contributed by atoms with Crippen molar-refractivity contribution in [3.05, 3.63) is 33.9 Å². The number of nitro benzene ring substituents is 1. The van der Waals surface area contributed by atoms with Gasteiger partial charge in [0.05, 0.1) is 4.92 Å². The number of benzene rings is 1. The summed E-state index contributed by atoms with van der Waals surface area (Å²) < 4.78 is 0. The molecule has 0 amide bonds. The zero-order chi connectivity index (χ0) is 15.3. The Morgan fingerprint density at radius 2 is 2.15 bits per heavy atom. The molecule has 0 aromatic heterocycles. The van der Waals surface area contributed by atoms with Crippen molar-refractivity contribution in [3.8, 4) is 6.07 Å². The van der Waals surface area contributed by atoms with Crippen LogP contribution in [0.4, 0.5) is 11.4 Å². The predicted octanol–water partition coefficient (Wildman–Crippen LogP) is 2.28. The van der Waals surface area contributed by atoms with E-state index in [1.165, 1.54) is 6.07 Å². The number of rotatable bonds is 6. The third kappa shape index (κ3) is 3.93. The average Bonchev–Trinajstić information content (AvgIpc) is 2.43. The highest BCUT2D eigenvalue weighted by Crippen LogP contribution is 2.24. The highest BCUT2D eigenvalue weighted by atomic mass is 16.6. The first-order valence-corrected chi connectivity index (χ1v) is 6.52. The minimum Gasteiger partial charge on any atom is -0.374 e. The smallest absolute Gasteiger partial charge is 0.287 e. The second kappa shape index (κ2) is 6.87. The van der Waals surface area contributed by atoms with E-state index in [1.54, 1.807) is 12.1 Å². The maximum absolute atomic E-state index is 10.8. The standard InChI is InChI=1S/C14H20N4O2/c1-10(2)13(16)6-7-17(3)12-4-5-14(18(19)20)11(8-12)9-15/h4-5,8,10,13H,6-7,16H2,1-3H3. The molecule has 0 saturated carbocycles. The van der Waals surface area contributed by atoms with Gasteiger partial charge < -0.3 is 10.6 Å². The first-order chi connectivity index (χ1) is 9.36. The number of hydrogen-bond acceptors (Lipinski definition) is 5. The summed E-state index contributed by atoms with van der Waals surface area (Å²) in [6.07, 6.45) is 0.826. The molecule has 1 rings (SSSR count). The van der Waals surface area contributed by atoms with Crippen LogP contribution in [0.2, 0.25) is 0 Å². The molecule has 1 aromatic carbocycles. The summed E-state index contributed by atoms with van der Waals surface area (Å²) in [6.45, 7) is 4.89. The van der Waals surface area contributed by atoms with Gasteiger partial charge in [-0.2, -0.15) is 5.26 Å². The third-order valence-corrected chi connectivity index (χ3v) is 3.39. The van der Waals surface area contributed by atoms with Crippen LogP contribution in [0.15, 0.2) is 18.2 Å². The summed E-state index contributed by atoms with van der Waals surface area (Å²) in [5, 5.41) is 19.7. The van der Waals surface area contributed by atoms with Gasteiger partial charge >= 0.3 is 0 Å². The zero-order valence-corrected chi connectivity index (χ0v) is 12.0. The van der Waals surface area contributed by atoms with Crippen molar-refractivity contribution in [1.82, 2.24) is 0 Å². The normalized spacial score (nSPS) is 12.0. The van der Waals surface area contributed by atoms with Gasteiger partial charge in [0.15, 0.2) is 0 Å². The molecule has 0 saturated heterocycles. The largest absolute Gasteiger partial charge is 0.374 e. The maximum atomic E-state index is 10.8. The molecule has 0 bridgehead atoms. The number of nitrogens with two attached hydrogens (primary N) is 1. The lowest BCUT2D eigenvalue weighted by atomic mass is 10.0. The van der Waals surface area contributed by atoms with E-state index < -0.39 is 4.92 Å². The molecule has 6 heteroatoms. The fraction of sp³-hybridized carbons (Fsp3) is 0.500. The summed E-state index contributed by atoms with van der Waals surface area (Å²) in [7, 11) is 1.88. The van der Waals surface area contributed by atoms with Gasteiger partial charge in [0.25, 0.3) is 5.69 Å². The number of nitrogens with zero attached hydrogens (tertiary/aromatic N) is 3. The molecule has 0 aliphatic rings. The molecule has 108 valence electrons. The molecular formula is C14H20N4O2. The van der Waals surface area contributed by atoms with Crippen LogP contribution in [-0.2, 0) is 0 Å². The highest BCUT2D eigenvalue weighted by Gasteiger charge is 2.15. The first kappa shape index (κ1) is 15.9. The molecule has 0 aliphatic carbocycles. The van der Waals surface area contributed by atoms with E-state index in [2.05, 4.69) is 13.8 Å². The van der Waals surface area contributed by atoms with Crippen molar-refractivity contribution in [2.75, 3.05) is 18.5 Å². The summed E-state index contributed by atoms with van der Waals surface area (Å²) >= 11 is 0. The van der Waals surface area contributed by atoms with Crippen LogP contribution >= 0.6 is 0 Å². The van der Waals surface area contributed by atoms with Crippen molar-refractivity contribution >= 4 is 11.4 Å². The lowest BCUT2D eigenvalue weighted by Gasteiger charge is -2.23. The van der Waals surface area contributed by atoms with E-state index in [9.17, 15) is 10.1 Å². The van der Waals surface area contributed by atoms with Gasteiger partial charge in [-0.15, -0.1) is 0 Å². The van der Waals surface area contributed by atoms with Gasteiger partial charge in [-0.3, -0.25) is 10.1 Å². The molecule has 6 nitrogen and oxygen atoms in total. The third-order valence-electron chi connectivity index (χ3n) is 3.39. The van der Waals surface area contributed by atoms with E-state index in [-0.39, 0.29) is 17.3 Å². The van der Waals surface area contributed by atoms with Crippen LogP contribution < -0.4 is 10.6 Å². The summed E-state index contributed by atoms with van der Waals surface area (Å²) in [5.74, 6) is 0.412. The molecule has 0 aliphatic heterocycles. The van der Waals surface area contributed by atoms with Gasteiger partial charge in [-0.25, -0.2) is 0 Å². The van der Waals surface area contributed by atoms with Crippen molar-refractivity contribution in [1.29, 1.82) is 5.26 Å². The van der Waals surface area contributed by atoms with Crippen LogP contribution in [0, 0.1) is 27.4 Å². The molecule has 2 N–H and O–H groups in total. The second-order valence-electron chi connectivity index (χ2n) is 5.19. The Morgan fingerprint density at radius 1 is 1.50 bits per heavy atom. The number of nitriles is 1. The highest BCUT2D eigenvalue weighted by molar-refractivity contribution is 5.59. The Hall–Kier alpha value is -2.13. The molecule has 1 unspecified atom stereocenters. The molecule has 0 fully saturated rings. The molecule has 20 heavy (non-hydrogen) atoms. The molecule has 1 aromatic rings. The van der Waals surface area contributed by atoms with Gasteiger partial charge in [0.1, 0.15) is 11.6 Å². The molecular weight excluding hydrogens is 256 g/mol. The van der Waals surface area contributed by atoms with E-state index in [0.717, 1.165) is 18.7 Å². The lowest BCUT2D eigenvalue weighted by Crippen LogP contribution is -2.31. The van der Waals surface area contributed by atoms with E-state index in [4.69, 9.17) is 11.0 Å². The maximum Gasteiger partial charge on any atom is 0.287 e. The van der Waals surface area contributed by atoms with E-state index in [1.807, 2.05) is 18.0 Å². The Morgan fingerprint density at radius 3 is 2.65 bits per heavy atom. The number of anilines is 1. The second-order valence-corrected chi connectivity index (χ2v) is 5.19. The van der Waals surface area contributed by atoms with Crippen LogP contribution in [0.3, 0.4) is 0 Å². The van der Waals surface area contributed by atoms with E-state index in [0.29, 0.717) is 5.92 Å². The van der Waals surface area contributed by atoms with Gasteiger partial charge in [0, 0.05) is 31.4 Å². The lowest BCUT2D eigenvalue weighted by molar-refractivity contribution is -0.385. The van der Waals surface area contributed by atoms with Gasteiger partial charge in [-0.05, 0) is 24.5 Å². The quantitative estimate of drug-likeness (QED) is 0.635. The minimum atomic E-state index is -0.545. The van der Waals surface area contributed by atoms with Crippen molar-refractivity contribution in [3.63, 3.8) is 0 Å². The average molecular weight is 276 g/mol. The fourth-order valence-electron chi connectivity index (χ4n) is 1.82. The molecule has 1 atom stereocenters. The van der Waals surface area contributed by atoms with E-state index >= 15 is 0 Å². The van der Waals surface area contributed by atoms with Crippen molar-refractivity contribution in [2.45, 2.75) is 26.3 Å². The monoisotopic (exact) mass is 276 g/mol. The van der Waals surface area contributed by atoms with Crippen LogP contribution in [-0.4, -0.2) is 24.6 Å². The fourth-order valence-corrected chi connectivity index (χ4v) is 1.82. The van der Waals surface area contributed by atoms with Crippen LogP contribution in [0.1, 0.15) is 25.8 Å². The van der Waals surface area contributed by atoms with Gasteiger partial charge in [-0.1, -0.05) is 13.8 Å². The van der Waals surface area contributed by atoms with Gasteiger partial charge in [0.2, 0.25) is 0 Å². The molecule has 0 radical (unpaired) electrons. The van der Waals surface area contributed by atoms with Crippen molar-refractivity contribution in [2.24, 2.45) is 11.7 Å². The van der Waals surface area contributed by atoms with Crippen LogP contribution in [0.25, 0.3) is 0 Å². The summed E-state index contributed by atoms with van der Waals surface area (Å²) in [5.41, 5.74) is 6.69.